The van der Waals surface area contributed by atoms with Crippen LogP contribution >= 0.6 is 11.6 Å². The maximum Gasteiger partial charge on any atom is 0.323 e. The monoisotopic (exact) mass is 386 g/mol. The van der Waals surface area contributed by atoms with Crippen LogP contribution in [0.2, 0.25) is 5.02 Å². The number of anilines is 2. The van der Waals surface area contributed by atoms with E-state index in [4.69, 9.17) is 16.3 Å². The van der Waals surface area contributed by atoms with Crippen LogP contribution in [0.25, 0.3) is 0 Å². The van der Waals surface area contributed by atoms with Crippen molar-refractivity contribution in [2.45, 2.75) is 31.3 Å². The second-order valence-corrected chi connectivity index (χ2v) is 7.39. The summed E-state index contributed by atoms with van der Waals surface area (Å²) in [5.41, 5.74) is 3.31. The number of carbonyl (C=O) groups excluding carboxylic acids is 1. The van der Waals surface area contributed by atoms with Crippen molar-refractivity contribution in [1.29, 1.82) is 0 Å². The number of pyridine rings is 1. The molecule has 2 aromatic rings. The summed E-state index contributed by atoms with van der Waals surface area (Å²) >= 11 is 6.34. The van der Waals surface area contributed by atoms with E-state index in [1.54, 1.807) is 12.3 Å². The van der Waals surface area contributed by atoms with Crippen LogP contribution in [-0.2, 0) is 4.74 Å². The third kappa shape index (κ3) is 4.40. The molecule has 1 aromatic heterocycles. The molecule has 2 fully saturated rings. The lowest BCUT2D eigenvalue weighted by atomic mass is 9.83. The molecule has 0 radical (unpaired) electrons. The molecule has 3 N–H and O–H groups in total. The standard InChI is InChI=1S/C20H23ClN4O2/c21-16-10-14(19-12-22-8-9-27-19)4-6-18(16)25-20(26)24-15-5-7-17(23-11-15)13-2-1-3-13/h4-7,10-11,13,19,22H,1-3,8-9,12H2,(H2,24,25,26). The Labute approximate surface area is 163 Å². The lowest BCUT2D eigenvalue weighted by Gasteiger charge is -2.24. The number of benzene rings is 1. The molecule has 1 atom stereocenters. The highest BCUT2D eigenvalue weighted by molar-refractivity contribution is 6.33. The summed E-state index contributed by atoms with van der Waals surface area (Å²) in [4.78, 5) is 16.7. The molecule has 2 amide bonds. The van der Waals surface area contributed by atoms with E-state index in [1.807, 2.05) is 24.3 Å². The Morgan fingerprint density at radius 1 is 1.22 bits per heavy atom. The van der Waals surface area contributed by atoms with Crippen LogP contribution in [0.1, 0.15) is 42.5 Å². The van der Waals surface area contributed by atoms with Gasteiger partial charge in [-0.25, -0.2) is 4.79 Å². The molecule has 1 aromatic carbocycles. The van der Waals surface area contributed by atoms with E-state index in [9.17, 15) is 4.79 Å². The number of amides is 2. The Hall–Kier alpha value is -2.15. The molecule has 1 unspecified atom stereocenters. The van der Waals surface area contributed by atoms with E-state index >= 15 is 0 Å². The number of morpholine rings is 1. The highest BCUT2D eigenvalue weighted by Gasteiger charge is 2.20. The highest BCUT2D eigenvalue weighted by atomic mass is 35.5. The third-order valence-corrected chi connectivity index (χ3v) is 5.42. The molecule has 2 aliphatic rings. The van der Waals surface area contributed by atoms with Gasteiger partial charge in [-0.3, -0.25) is 4.98 Å². The number of hydrogen-bond donors (Lipinski definition) is 3. The molecule has 6 nitrogen and oxygen atoms in total. The molecule has 4 rings (SSSR count). The van der Waals surface area contributed by atoms with Gasteiger partial charge in [0.1, 0.15) is 0 Å². The van der Waals surface area contributed by atoms with Gasteiger partial charge in [0.25, 0.3) is 0 Å². The summed E-state index contributed by atoms with van der Waals surface area (Å²) in [7, 11) is 0. The average Bonchev–Trinajstić information content (AvgIpc) is 2.64. The first-order chi connectivity index (χ1) is 13.2. The predicted octanol–water partition coefficient (Wildman–Crippen LogP) is 4.31. The summed E-state index contributed by atoms with van der Waals surface area (Å²) in [5, 5.41) is 9.35. The number of nitrogens with zero attached hydrogens (tertiary/aromatic N) is 1. The molecule has 1 aliphatic carbocycles. The van der Waals surface area contributed by atoms with Crippen LogP contribution in [0.15, 0.2) is 36.5 Å². The minimum Gasteiger partial charge on any atom is -0.371 e. The number of ether oxygens (including phenoxy) is 1. The fraction of sp³-hybridized carbons (Fsp3) is 0.400. The number of aromatic nitrogens is 1. The largest absolute Gasteiger partial charge is 0.371 e. The van der Waals surface area contributed by atoms with Gasteiger partial charge >= 0.3 is 6.03 Å². The number of halogens is 1. The zero-order valence-electron chi connectivity index (χ0n) is 15.0. The van der Waals surface area contributed by atoms with E-state index in [2.05, 4.69) is 20.9 Å². The number of carbonyl (C=O) groups is 1. The van der Waals surface area contributed by atoms with Gasteiger partial charge < -0.3 is 20.7 Å². The maximum atomic E-state index is 12.3. The Morgan fingerprint density at radius 2 is 2.11 bits per heavy atom. The molecule has 1 aliphatic heterocycles. The van der Waals surface area contributed by atoms with Crippen LogP contribution in [0.5, 0.6) is 0 Å². The smallest absolute Gasteiger partial charge is 0.323 e. The van der Waals surface area contributed by atoms with Crippen molar-refractivity contribution in [3.05, 3.63) is 52.8 Å². The molecule has 142 valence electrons. The van der Waals surface area contributed by atoms with Crippen molar-refractivity contribution in [2.75, 3.05) is 30.3 Å². The molecule has 0 spiro atoms. The second kappa shape index (κ2) is 8.25. The quantitative estimate of drug-likeness (QED) is 0.732. The second-order valence-electron chi connectivity index (χ2n) is 6.98. The fourth-order valence-electron chi connectivity index (χ4n) is 3.32. The van der Waals surface area contributed by atoms with Crippen molar-refractivity contribution in [2.24, 2.45) is 0 Å². The zero-order valence-corrected chi connectivity index (χ0v) is 15.8. The van der Waals surface area contributed by atoms with E-state index < -0.39 is 0 Å². The normalized spacial score (nSPS) is 20.0. The van der Waals surface area contributed by atoms with Crippen molar-refractivity contribution >= 4 is 29.0 Å². The van der Waals surface area contributed by atoms with Gasteiger partial charge in [-0.1, -0.05) is 24.1 Å². The minimum absolute atomic E-state index is 0.0145. The summed E-state index contributed by atoms with van der Waals surface area (Å²) in [6.07, 6.45) is 5.37. The minimum atomic E-state index is -0.349. The summed E-state index contributed by atoms with van der Waals surface area (Å²) in [6.45, 7) is 2.30. The number of urea groups is 1. The molecular formula is C20H23ClN4O2. The number of nitrogens with one attached hydrogen (secondary N) is 3. The Bertz CT molecular complexity index is 802. The van der Waals surface area contributed by atoms with E-state index in [-0.39, 0.29) is 12.1 Å². The van der Waals surface area contributed by atoms with Crippen LogP contribution in [0.3, 0.4) is 0 Å². The molecule has 1 saturated carbocycles. The number of hydrogen-bond acceptors (Lipinski definition) is 4. The van der Waals surface area contributed by atoms with Gasteiger partial charge in [-0.15, -0.1) is 0 Å². The van der Waals surface area contributed by atoms with E-state index in [1.165, 1.54) is 19.3 Å². The fourth-order valence-corrected chi connectivity index (χ4v) is 3.56. The Kier molecular flexibility index (Phi) is 5.57. The van der Waals surface area contributed by atoms with Gasteiger partial charge in [0, 0.05) is 24.7 Å². The predicted molar refractivity (Wildman–Crippen MR) is 106 cm³/mol. The lowest BCUT2D eigenvalue weighted by molar-refractivity contribution is 0.0277. The molecule has 0 bridgehead atoms. The van der Waals surface area contributed by atoms with Crippen LogP contribution < -0.4 is 16.0 Å². The van der Waals surface area contributed by atoms with Crippen LogP contribution in [0, 0.1) is 0 Å². The van der Waals surface area contributed by atoms with Crippen LogP contribution in [-0.4, -0.2) is 30.7 Å². The van der Waals surface area contributed by atoms with Crippen LogP contribution in [0.4, 0.5) is 16.2 Å². The van der Waals surface area contributed by atoms with Gasteiger partial charge in [0.15, 0.2) is 0 Å². The maximum absolute atomic E-state index is 12.3. The summed E-state index contributed by atoms with van der Waals surface area (Å²) in [6, 6.07) is 9.08. The third-order valence-electron chi connectivity index (χ3n) is 5.11. The van der Waals surface area contributed by atoms with Crippen molar-refractivity contribution in [3.8, 4) is 0 Å². The van der Waals surface area contributed by atoms with Crippen molar-refractivity contribution in [3.63, 3.8) is 0 Å². The topological polar surface area (TPSA) is 75.3 Å². The van der Waals surface area contributed by atoms with E-state index in [0.29, 0.717) is 28.9 Å². The molecule has 1 saturated heterocycles. The molecule has 7 heteroatoms. The Balaban J connectivity index is 1.35. The van der Waals surface area contributed by atoms with Crippen molar-refractivity contribution < 1.29 is 9.53 Å². The van der Waals surface area contributed by atoms with Gasteiger partial charge in [-0.05, 0) is 42.7 Å². The summed E-state index contributed by atoms with van der Waals surface area (Å²) < 4.78 is 5.73. The lowest BCUT2D eigenvalue weighted by Crippen LogP contribution is -2.33. The SMILES string of the molecule is O=C(Nc1ccc(C2CCC2)nc1)Nc1ccc(C2CNCCO2)cc1Cl. The average molecular weight is 387 g/mol. The first-order valence-electron chi connectivity index (χ1n) is 9.35. The van der Waals surface area contributed by atoms with Gasteiger partial charge in [0.05, 0.1) is 35.3 Å². The Morgan fingerprint density at radius 3 is 2.74 bits per heavy atom. The number of rotatable bonds is 4. The summed E-state index contributed by atoms with van der Waals surface area (Å²) in [5.74, 6) is 0.577. The first kappa shape index (κ1) is 18.2. The first-order valence-corrected chi connectivity index (χ1v) is 9.72. The van der Waals surface area contributed by atoms with Crippen molar-refractivity contribution in [1.82, 2.24) is 10.3 Å². The molecule has 2 heterocycles. The van der Waals surface area contributed by atoms with Gasteiger partial charge in [0.2, 0.25) is 0 Å². The highest BCUT2D eigenvalue weighted by Crippen LogP contribution is 2.35. The molecular weight excluding hydrogens is 364 g/mol. The van der Waals surface area contributed by atoms with Gasteiger partial charge in [-0.2, -0.15) is 0 Å². The molecule has 27 heavy (non-hydrogen) atoms. The zero-order chi connectivity index (χ0) is 18.6. The van der Waals surface area contributed by atoms with E-state index in [0.717, 1.165) is 24.3 Å².